The Balaban J connectivity index is 1.73. The Hall–Kier alpha value is -0.710. The minimum Gasteiger partial charge on any atom is -0.351 e. The van der Waals surface area contributed by atoms with E-state index in [4.69, 9.17) is 11.6 Å². The predicted octanol–water partition coefficient (Wildman–Crippen LogP) is 1.91. The van der Waals surface area contributed by atoms with Crippen LogP contribution in [0.1, 0.15) is 6.42 Å². The maximum absolute atomic E-state index is 11.7. The molecule has 1 aliphatic heterocycles. The number of nitrogens with one attached hydrogen (secondary N) is 2. The molecule has 1 fully saturated rings. The summed E-state index contributed by atoms with van der Waals surface area (Å²) in [5.41, 5.74) is 0. The number of amides is 1. The molecule has 1 aromatic rings. The van der Waals surface area contributed by atoms with E-state index in [1.165, 1.54) is 11.8 Å². The molecule has 0 radical (unpaired) electrons. The molecule has 3 nitrogen and oxygen atoms in total. The fourth-order valence-corrected chi connectivity index (χ4v) is 2.56. The van der Waals surface area contributed by atoms with E-state index in [2.05, 4.69) is 10.6 Å². The van der Waals surface area contributed by atoms with Gasteiger partial charge >= 0.3 is 0 Å². The topological polar surface area (TPSA) is 41.1 Å². The lowest BCUT2D eigenvalue weighted by atomic mass is 10.3. The first-order chi connectivity index (χ1) is 8.24. The minimum atomic E-state index is 0.0960. The van der Waals surface area contributed by atoms with E-state index in [0.717, 1.165) is 29.4 Å². The maximum Gasteiger partial charge on any atom is 0.230 e. The van der Waals surface area contributed by atoms with Crippen molar-refractivity contribution in [3.63, 3.8) is 0 Å². The standard InChI is InChI=1S/C12H15ClN2OS/c13-9-1-3-11(4-2-9)17-8-12(16)15-10-5-6-14-7-10/h1-4,10,14H,5-8H2,(H,15,16). The largest absolute Gasteiger partial charge is 0.351 e. The van der Waals surface area contributed by atoms with Gasteiger partial charge in [0, 0.05) is 22.5 Å². The number of rotatable bonds is 4. The first-order valence-corrected chi connectivity index (χ1v) is 6.99. The molecule has 0 saturated carbocycles. The molecule has 0 aliphatic carbocycles. The molecule has 0 spiro atoms. The van der Waals surface area contributed by atoms with Gasteiger partial charge in [-0.15, -0.1) is 11.8 Å². The van der Waals surface area contributed by atoms with Crippen LogP contribution in [0.25, 0.3) is 0 Å². The smallest absolute Gasteiger partial charge is 0.230 e. The molecule has 1 aromatic carbocycles. The minimum absolute atomic E-state index is 0.0960. The number of carbonyl (C=O) groups excluding carboxylic acids is 1. The molecule has 92 valence electrons. The van der Waals surface area contributed by atoms with Crippen LogP contribution >= 0.6 is 23.4 Å². The Bertz CT molecular complexity index is 377. The average Bonchev–Trinajstić information content (AvgIpc) is 2.81. The lowest BCUT2D eigenvalue weighted by Gasteiger charge is -2.10. The number of carbonyl (C=O) groups is 1. The predicted molar refractivity (Wildman–Crippen MR) is 71.6 cm³/mol. The summed E-state index contributed by atoms with van der Waals surface area (Å²) >= 11 is 7.32. The van der Waals surface area contributed by atoms with Crippen LogP contribution in [0.2, 0.25) is 5.02 Å². The summed E-state index contributed by atoms with van der Waals surface area (Å²) in [4.78, 5) is 12.7. The van der Waals surface area contributed by atoms with E-state index in [0.29, 0.717) is 11.8 Å². The number of benzene rings is 1. The van der Waals surface area contributed by atoms with Gasteiger partial charge in [-0.3, -0.25) is 4.79 Å². The zero-order chi connectivity index (χ0) is 12.1. The molecule has 0 aromatic heterocycles. The second-order valence-electron chi connectivity index (χ2n) is 4.00. The van der Waals surface area contributed by atoms with Crippen LogP contribution in [0.15, 0.2) is 29.2 Å². The van der Waals surface area contributed by atoms with Crippen molar-refractivity contribution in [3.8, 4) is 0 Å². The van der Waals surface area contributed by atoms with Gasteiger partial charge in [0.1, 0.15) is 0 Å². The second kappa shape index (κ2) is 6.28. The Morgan fingerprint density at radius 2 is 2.24 bits per heavy atom. The molecule has 2 rings (SSSR count). The summed E-state index contributed by atoms with van der Waals surface area (Å²) in [5.74, 6) is 0.552. The number of hydrogen-bond donors (Lipinski definition) is 2. The van der Waals surface area contributed by atoms with Crippen LogP contribution < -0.4 is 10.6 Å². The zero-order valence-electron chi connectivity index (χ0n) is 9.41. The fraction of sp³-hybridized carbons (Fsp3) is 0.417. The van der Waals surface area contributed by atoms with Crippen molar-refractivity contribution in [1.82, 2.24) is 10.6 Å². The highest BCUT2D eigenvalue weighted by atomic mass is 35.5. The van der Waals surface area contributed by atoms with E-state index in [1.54, 1.807) is 0 Å². The Morgan fingerprint density at radius 1 is 1.47 bits per heavy atom. The van der Waals surface area contributed by atoms with Crippen LogP contribution in [-0.4, -0.2) is 30.8 Å². The first-order valence-electron chi connectivity index (χ1n) is 5.62. The highest BCUT2D eigenvalue weighted by Gasteiger charge is 2.16. The number of thioether (sulfide) groups is 1. The van der Waals surface area contributed by atoms with E-state index in [-0.39, 0.29) is 5.91 Å². The summed E-state index contributed by atoms with van der Waals surface area (Å²) in [7, 11) is 0. The molecule has 5 heteroatoms. The second-order valence-corrected chi connectivity index (χ2v) is 5.49. The van der Waals surface area contributed by atoms with Crippen molar-refractivity contribution in [1.29, 1.82) is 0 Å². The highest BCUT2D eigenvalue weighted by molar-refractivity contribution is 8.00. The fourth-order valence-electron chi connectivity index (χ4n) is 1.73. The van der Waals surface area contributed by atoms with Crippen LogP contribution in [0, 0.1) is 0 Å². The zero-order valence-corrected chi connectivity index (χ0v) is 11.0. The van der Waals surface area contributed by atoms with Crippen LogP contribution in [0.3, 0.4) is 0 Å². The highest BCUT2D eigenvalue weighted by Crippen LogP contribution is 2.19. The molecule has 1 heterocycles. The molecule has 1 saturated heterocycles. The van der Waals surface area contributed by atoms with Gasteiger partial charge < -0.3 is 10.6 Å². The summed E-state index contributed by atoms with van der Waals surface area (Å²) in [6, 6.07) is 7.83. The van der Waals surface area contributed by atoms with Crippen molar-refractivity contribution in [2.45, 2.75) is 17.4 Å². The van der Waals surface area contributed by atoms with Gasteiger partial charge in [0.2, 0.25) is 5.91 Å². The van der Waals surface area contributed by atoms with E-state index >= 15 is 0 Å². The summed E-state index contributed by atoms with van der Waals surface area (Å²) in [6.45, 7) is 1.88. The van der Waals surface area contributed by atoms with E-state index in [9.17, 15) is 4.79 Å². The Labute approximate surface area is 110 Å². The third-order valence-electron chi connectivity index (χ3n) is 2.61. The van der Waals surface area contributed by atoms with Crippen molar-refractivity contribution in [2.75, 3.05) is 18.8 Å². The van der Waals surface area contributed by atoms with Gasteiger partial charge in [0.15, 0.2) is 0 Å². The van der Waals surface area contributed by atoms with Gasteiger partial charge in [-0.25, -0.2) is 0 Å². The van der Waals surface area contributed by atoms with Gasteiger partial charge in [-0.2, -0.15) is 0 Å². The van der Waals surface area contributed by atoms with Crippen molar-refractivity contribution >= 4 is 29.3 Å². The number of hydrogen-bond acceptors (Lipinski definition) is 3. The van der Waals surface area contributed by atoms with Crippen LogP contribution in [0.5, 0.6) is 0 Å². The molecule has 17 heavy (non-hydrogen) atoms. The third kappa shape index (κ3) is 4.22. The van der Waals surface area contributed by atoms with Crippen molar-refractivity contribution in [3.05, 3.63) is 29.3 Å². The lowest BCUT2D eigenvalue weighted by molar-refractivity contribution is -0.119. The SMILES string of the molecule is O=C(CSc1ccc(Cl)cc1)NC1CCNC1. The molecular formula is C12H15ClN2OS. The summed E-state index contributed by atoms with van der Waals surface area (Å²) < 4.78 is 0. The Kier molecular flexibility index (Phi) is 4.71. The molecule has 1 aliphatic rings. The average molecular weight is 271 g/mol. The molecule has 1 amide bonds. The number of halogens is 1. The van der Waals surface area contributed by atoms with Gasteiger partial charge in [0.05, 0.1) is 5.75 Å². The van der Waals surface area contributed by atoms with E-state index < -0.39 is 0 Å². The molecule has 1 atom stereocenters. The van der Waals surface area contributed by atoms with E-state index in [1.807, 2.05) is 24.3 Å². The van der Waals surface area contributed by atoms with Gasteiger partial charge in [0.25, 0.3) is 0 Å². The quantitative estimate of drug-likeness (QED) is 0.822. The molecule has 0 bridgehead atoms. The lowest BCUT2D eigenvalue weighted by Crippen LogP contribution is -2.37. The van der Waals surface area contributed by atoms with Crippen molar-refractivity contribution in [2.24, 2.45) is 0 Å². The van der Waals surface area contributed by atoms with Crippen molar-refractivity contribution < 1.29 is 4.79 Å². The first kappa shape index (κ1) is 12.7. The van der Waals surface area contributed by atoms with Gasteiger partial charge in [-0.1, -0.05) is 11.6 Å². The molecular weight excluding hydrogens is 256 g/mol. The third-order valence-corrected chi connectivity index (χ3v) is 3.87. The molecule has 2 N–H and O–H groups in total. The normalized spacial score (nSPS) is 19.2. The maximum atomic E-state index is 11.7. The summed E-state index contributed by atoms with van der Waals surface area (Å²) in [5, 5.41) is 6.95. The van der Waals surface area contributed by atoms with Crippen LogP contribution in [-0.2, 0) is 4.79 Å². The van der Waals surface area contributed by atoms with Gasteiger partial charge in [-0.05, 0) is 37.2 Å². The monoisotopic (exact) mass is 270 g/mol. The van der Waals surface area contributed by atoms with Crippen LogP contribution in [0.4, 0.5) is 0 Å². The molecule has 1 unspecified atom stereocenters. The Morgan fingerprint density at radius 3 is 2.88 bits per heavy atom. The summed E-state index contributed by atoms with van der Waals surface area (Å²) in [6.07, 6.45) is 1.03.